The molecule has 0 aromatic heterocycles. The van der Waals surface area contributed by atoms with Gasteiger partial charge in [-0.2, -0.15) is 0 Å². The van der Waals surface area contributed by atoms with Crippen LogP contribution in [0.15, 0.2) is 177 Å². The molecule has 0 heterocycles. The van der Waals surface area contributed by atoms with Gasteiger partial charge in [0.05, 0.1) is 5.69 Å². The SMILES string of the molecule is C=Cc1ccc2cc(N(c3ccc(-c4ccc5c(ccc6ccccc65)c4)cc3)c3ccccc3-c3ccccc3)ccc2c1C=C. The first-order valence-electron chi connectivity index (χ1n) is 16.0. The Bertz CT molecular complexity index is 2430. The molecule has 8 aromatic rings. The molecule has 0 spiro atoms. The Morgan fingerprint density at radius 3 is 1.87 bits per heavy atom. The van der Waals surface area contributed by atoms with Crippen LogP contribution in [0.3, 0.4) is 0 Å². The number of para-hydroxylation sites is 1. The fourth-order valence-electron chi connectivity index (χ4n) is 6.86. The minimum Gasteiger partial charge on any atom is -0.310 e. The number of rotatable bonds is 7. The zero-order chi connectivity index (χ0) is 31.7. The van der Waals surface area contributed by atoms with E-state index in [0.29, 0.717) is 0 Å². The van der Waals surface area contributed by atoms with Crippen LogP contribution in [-0.2, 0) is 0 Å². The third-order valence-corrected chi connectivity index (χ3v) is 9.19. The van der Waals surface area contributed by atoms with Gasteiger partial charge in [-0.1, -0.05) is 153 Å². The molecule has 0 fully saturated rings. The predicted octanol–water partition coefficient (Wildman–Crippen LogP) is 13.2. The van der Waals surface area contributed by atoms with Crippen LogP contribution in [0.25, 0.3) is 66.7 Å². The van der Waals surface area contributed by atoms with Gasteiger partial charge in [-0.3, -0.25) is 0 Å². The molecular weight excluding hydrogens is 567 g/mol. The summed E-state index contributed by atoms with van der Waals surface area (Å²) in [5.41, 5.74) is 10.2. The third-order valence-electron chi connectivity index (χ3n) is 9.19. The maximum atomic E-state index is 4.09. The van der Waals surface area contributed by atoms with Crippen LogP contribution in [0.1, 0.15) is 11.1 Å². The average Bonchev–Trinajstić information content (AvgIpc) is 3.15. The van der Waals surface area contributed by atoms with E-state index in [-0.39, 0.29) is 0 Å². The molecular formula is C46H33N. The number of nitrogens with zero attached hydrogens (tertiary/aromatic N) is 1. The van der Waals surface area contributed by atoms with Gasteiger partial charge in [0.1, 0.15) is 0 Å². The second kappa shape index (κ2) is 12.0. The summed E-state index contributed by atoms with van der Waals surface area (Å²) >= 11 is 0. The smallest absolute Gasteiger partial charge is 0.0540 e. The summed E-state index contributed by atoms with van der Waals surface area (Å²) in [5.74, 6) is 0. The fraction of sp³-hybridized carbons (Fsp3) is 0. The summed E-state index contributed by atoms with van der Waals surface area (Å²) in [4.78, 5) is 2.37. The third kappa shape index (κ3) is 5.09. The van der Waals surface area contributed by atoms with Crippen molar-refractivity contribution in [2.45, 2.75) is 0 Å². The van der Waals surface area contributed by atoms with Crippen molar-refractivity contribution in [2.75, 3.05) is 4.90 Å². The van der Waals surface area contributed by atoms with Gasteiger partial charge >= 0.3 is 0 Å². The van der Waals surface area contributed by atoms with Gasteiger partial charge < -0.3 is 4.90 Å². The molecule has 1 heteroatoms. The molecule has 0 radical (unpaired) electrons. The highest BCUT2D eigenvalue weighted by molar-refractivity contribution is 6.08. The van der Waals surface area contributed by atoms with E-state index in [1.807, 2.05) is 12.2 Å². The zero-order valence-electron chi connectivity index (χ0n) is 26.1. The minimum atomic E-state index is 1.09. The Kier molecular flexibility index (Phi) is 7.21. The number of anilines is 3. The minimum absolute atomic E-state index is 1.09. The van der Waals surface area contributed by atoms with Crippen molar-refractivity contribution in [3.63, 3.8) is 0 Å². The molecule has 47 heavy (non-hydrogen) atoms. The van der Waals surface area contributed by atoms with Crippen LogP contribution < -0.4 is 4.90 Å². The molecule has 0 aliphatic rings. The quantitative estimate of drug-likeness (QED) is 0.165. The molecule has 0 aliphatic carbocycles. The van der Waals surface area contributed by atoms with E-state index >= 15 is 0 Å². The first-order valence-corrected chi connectivity index (χ1v) is 16.0. The van der Waals surface area contributed by atoms with Gasteiger partial charge in [0.15, 0.2) is 0 Å². The molecule has 0 amide bonds. The van der Waals surface area contributed by atoms with Crippen LogP contribution >= 0.6 is 0 Å². The van der Waals surface area contributed by atoms with Gasteiger partial charge in [0.25, 0.3) is 0 Å². The van der Waals surface area contributed by atoms with Crippen LogP contribution in [0.5, 0.6) is 0 Å². The lowest BCUT2D eigenvalue weighted by atomic mass is 9.96. The molecule has 8 aromatic carbocycles. The molecule has 1 nitrogen and oxygen atoms in total. The van der Waals surface area contributed by atoms with Crippen molar-refractivity contribution in [1.82, 2.24) is 0 Å². The van der Waals surface area contributed by atoms with E-state index in [0.717, 1.165) is 39.0 Å². The zero-order valence-corrected chi connectivity index (χ0v) is 26.1. The number of hydrogen-bond acceptors (Lipinski definition) is 1. The van der Waals surface area contributed by atoms with E-state index in [9.17, 15) is 0 Å². The van der Waals surface area contributed by atoms with E-state index < -0.39 is 0 Å². The van der Waals surface area contributed by atoms with Crippen LogP contribution in [-0.4, -0.2) is 0 Å². The van der Waals surface area contributed by atoms with E-state index in [1.165, 1.54) is 43.8 Å². The molecule has 0 N–H and O–H groups in total. The Hall–Kier alpha value is -6.18. The van der Waals surface area contributed by atoms with E-state index in [1.54, 1.807) is 0 Å². The van der Waals surface area contributed by atoms with Gasteiger partial charge in [0, 0.05) is 16.9 Å². The number of benzene rings is 8. The maximum Gasteiger partial charge on any atom is 0.0540 e. The normalized spacial score (nSPS) is 11.1. The lowest BCUT2D eigenvalue weighted by Crippen LogP contribution is -2.11. The first-order chi connectivity index (χ1) is 23.2. The lowest BCUT2D eigenvalue weighted by Gasteiger charge is -2.28. The Morgan fingerprint density at radius 2 is 1.04 bits per heavy atom. The van der Waals surface area contributed by atoms with Gasteiger partial charge in [-0.05, 0) is 96.5 Å². The largest absolute Gasteiger partial charge is 0.310 e. The monoisotopic (exact) mass is 599 g/mol. The number of hydrogen-bond donors (Lipinski definition) is 0. The number of fused-ring (bicyclic) bond motifs is 4. The standard InChI is InChI=1S/C46H33N/c1-3-32-18-20-38-31-40(27-29-43(38)41(32)4-2)47(46-17-11-10-16-45(46)34-12-6-5-7-13-34)39-25-22-33(23-26-39)36-24-28-44-37(30-36)21-19-35-14-8-9-15-42(35)44/h3-31H,1-2H2. The highest BCUT2D eigenvalue weighted by atomic mass is 15.1. The Balaban J connectivity index is 1.26. The van der Waals surface area contributed by atoms with Gasteiger partial charge in [-0.25, -0.2) is 0 Å². The van der Waals surface area contributed by atoms with Crippen molar-refractivity contribution in [2.24, 2.45) is 0 Å². The summed E-state index contributed by atoms with van der Waals surface area (Å²) in [6, 6.07) is 59.1. The molecule has 0 unspecified atom stereocenters. The maximum absolute atomic E-state index is 4.09. The van der Waals surface area contributed by atoms with Crippen LogP contribution in [0.2, 0.25) is 0 Å². The second-order valence-corrected chi connectivity index (χ2v) is 11.9. The first kappa shape index (κ1) is 28.3. The topological polar surface area (TPSA) is 3.24 Å². The van der Waals surface area contributed by atoms with E-state index in [4.69, 9.17) is 0 Å². The molecule has 222 valence electrons. The summed E-state index contributed by atoms with van der Waals surface area (Å²) in [6.07, 6.45) is 3.82. The van der Waals surface area contributed by atoms with Crippen molar-refractivity contribution in [1.29, 1.82) is 0 Å². The summed E-state index contributed by atoms with van der Waals surface area (Å²) in [7, 11) is 0. The van der Waals surface area contributed by atoms with Gasteiger partial charge in [0.2, 0.25) is 0 Å². The van der Waals surface area contributed by atoms with E-state index in [2.05, 4.69) is 182 Å². The molecule has 0 bridgehead atoms. The van der Waals surface area contributed by atoms with Crippen molar-refractivity contribution < 1.29 is 0 Å². The molecule has 0 aliphatic heterocycles. The molecule has 0 saturated carbocycles. The molecule has 0 saturated heterocycles. The van der Waals surface area contributed by atoms with Crippen LogP contribution in [0, 0.1) is 0 Å². The molecule has 8 rings (SSSR count). The summed E-state index contributed by atoms with van der Waals surface area (Å²) in [5, 5.41) is 7.41. The summed E-state index contributed by atoms with van der Waals surface area (Å²) in [6.45, 7) is 8.10. The predicted molar refractivity (Wildman–Crippen MR) is 205 cm³/mol. The lowest BCUT2D eigenvalue weighted by molar-refractivity contribution is 1.29. The fourth-order valence-corrected chi connectivity index (χ4v) is 6.86. The molecule has 0 atom stereocenters. The van der Waals surface area contributed by atoms with Crippen LogP contribution in [0.4, 0.5) is 17.1 Å². The Labute approximate surface area is 276 Å². The second-order valence-electron chi connectivity index (χ2n) is 11.9. The van der Waals surface area contributed by atoms with Crippen molar-refractivity contribution >= 4 is 61.5 Å². The van der Waals surface area contributed by atoms with Gasteiger partial charge in [-0.15, -0.1) is 0 Å². The van der Waals surface area contributed by atoms with Crippen molar-refractivity contribution in [3.8, 4) is 22.3 Å². The highest BCUT2D eigenvalue weighted by Crippen LogP contribution is 2.42. The Morgan fingerprint density at radius 1 is 0.404 bits per heavy atom. The highest BCUT2D eigenvalue weighted by Gasteiger charge is 2.18. The summed E-state index contributed by atoms with van der Waals surface area (Å²) < 4.78 is 0. The average molecular weight is 600 g/mol. The van der Waals surface area contributed by atoms with Crippen molar-refractivity contribution in [3.05, 3.63) is 188 Å².